The summed E-state index contributed by atoms with van der Waals surface area (Å²) in [5, 5.41) is 1.28. The van der Waals surface area contributed by atoms with Crippen LogP contribution in [0.1, 0.15) is 11.4 Å². The zero-order valence-electron chi connectivity index (χ0n) is 12.8. The molecule has 0 fully saturated rings. The summed E-state index contributed by atoms with van der Waals surface area (Å²) in [5.74, 6) is 2.79. The van der Waals surface area contributed by atoms with E-state index in [1.54, 1.807) is 6.07 Å². The molecule has 1 aromatic carbocycles. The van der Waals surface area contributed by atoms with E-state index in [9.17, 15) is 0 Å². The van der Waals surface area contributed by atoms with E-state index in [-0.39, 0.29) is 0 Å². The molecule has 0 saturated carbocycles. The van der Waals surface area contributed by atoms with Gasteiger partial charge >= 0.3 is 0 Å². The number of aromatic nitrogens is 2. The van der Waals surface area contributed by atoms with Gasteiger partial charge in [-0.1, -0.05) is 35.4 Å². The van der Waals surface area contributed by atoms with Crippen LogP contribution in [0.25, 0.3) is 0 Å². The summed E-state index contributed by atoms with van der Waals surface area (Å²) in [5.41, 5.74) is 2.14. The van der Waals surface area contributed by atoms with Crippen molar-refractivity contribution in [1.29, 1.82) is 0 Å². The van der Waals surface area contributed by atoms with Crippen LogP contribution in [0.2, 0.25) is 10.0 Å². The van der Waals surface area contributed by atoms with Crippen LogP contribution in [0, 0.1) is 6.92 Å². The fourth-order valence-electron chi connectivity index (χ4n) is 3.19. The van der Waals surface area contributed by atoms with Crippen LogP contribution in [0.3, 0.4) is 0 Å². The summed E-state index contributed by atoms with van der Waals surface area (Å²) in [6.07, 6.45) is 5.26. The van der Waals surface area contributed by atoms with Gasteiger partial charge in [0.2, 0.25) is 0 Å². The number of rotatable bonds is 2. The number of aryl methyl sites for hydroxylation is 1. The molecule has 4 rings (SSSR count). The zero-order chi connectivity index (χ0) is 16.0. The number of hydrogen-bond donors (Lipinski definition) is 0. The highest BCUT2D eigenvalue weighted by Gasteiger charge is 2.29. The second-order valence-corrected chi connectivity index (χ2v) is 6.61. The largest absolute Gasteiger partial charge is 0.349 e. The molecule has 118 valence electrons. The Morgan fingerprint density at radius 1 is 1.04 bits per heavy atom. The van der Waals surface area contributed by atoms with Gasteiger partial charge in [0.25, 0.3) is 0 Å². The van der Waals surface area contributed by atoms with Crippen molar-refractivity contribution >= 4 is 40.5 Å². The number of fused-ring (bicyclic) bond motifs is 1. The number of benzene rings is 1. The highest BCUT2D eigenvalue weighted by molar-refractivity contribution is 6.36. The monoisotopic (exact) mass is 346 g/mol. The number of anilines is 3. The quantitative estimate of drug-likeness (QED) is 0.764. The molecule has 0 radical (unpaired) electrons. The summed E-state index contributed by atoms with van der Waals surface area (Å²) >= 11 is 12.4. The molecule has 2 aromatic rings. The van der Waals surface area contributed by atoms with Gasteiger partial charge in [-0.15, -0.1) is 0 Å². The Morgan fingerprint density at radius 3 is 2.52 bits per heavy atom. The zero-order valence-corrected chi connectivity index (χ0v) is 14.3. The summed E-state index contributed by atoms with van der Waals surface area (Å²) in [4.78, 5) is 13.8. The maximum Gasteiger partial charge on any atom is 0.142 e. The Hall–Kier alpha value is -1.78. The van der Waals surface area contributed by atoms with E-state index in [0.29, 0.717) is 10.0 Å². The molecule has 0 spiro atoms. The lowest BCUT2D eigenvalue weighted by molar-refractivity contribution is 0.917. The highest BCUT2D eigenvalue weighted by Crippen LogP contribution is 2.41. The van der Waals surface area contributed by atoms with Crippen LogP contribution >= 0.6 is 23.2 Å². The van der Waals surface area contributed by atoms with Crippen LogP contribution in [0.4, 0.5) is 17.3 Å². The van der Waals surface area contributed by atoms with Gasteiger partial charge in [0, 0.05) is 30.2 Å². The van der Waals surface area contributed by atoms with Gasteiger partial charge in [-0.2, -0.15) is 0 Å². The summed E-state index contributed by atoms with van der Waals surface area (Å²) < 4.78 is 0. The van der Waals surface area contributed by atoms with Crippen LogP contribution in [-0.2, 0) is 6.42 Å². The lowest BCUT2D eigenvalue weighted by Gasteiger charge is -2.23. The standard InChI is InChI=1S/C17H16Cl2N4/c1-11-20-16(22-7-2-3-8-22)13-6-9-23(17(13)21-11)15-5-4-12(18)10-14(15)19/h2-5,10H,6-9H2,1H3. The second kappa shape index (κ2) is 5.69. The molecular formula is C17H16Cl2N4. The first-order valence-electron chi connectivity index (χ1n) is 7.63. The number of hydrogen-bond acceptors (Lipinski definition) is 4. The van der Waals surface area contributed by atoms with Crippen LogP contribution in [0.5, 0.6) is 0 Å². The van der Waals surface area contributed by atoms with E-state index < -0.39 is 0 Å². The summed E-state index contributed by atoms with van der Waals surface area (Å²) in [7, 11) is 0. The van der Waals surface area contributed by atoms with Crippen molar-refractivity contribution in [3.63, 3.8) is 0 Å². The first kappa shape index (κ1) is 14.8. The molecule has 23 heavy (non-hydrogen) atoms. The van der Waals surface area contributed by atoms with E-state index in [1.165, 1.54) is 5.56 Å². The van der Waals surface area contributed by atoms with Crippen molar-refractivity contribution in [1.82, 2.24) is 9.97 Å². The van der Waals surface area contributed by atoms with E-state index >= 15 is 0 Å². The van der Waals surface area contributed by atoms with Crippen molar-refractivity contribution in [2.45, 2.75) is 13.3 Å². The first-order chi connectivity index (χ1) is 11.1. The molecule has 0 saturated heterocycles. The van der Waals surface area contributed by atoms with Crippen LogP contribution < -0.4 is 9.80 Å². The molecule has 0 bridgehead atoms. The minimum Gasteiger partial charge on any atom is -0.349 e. The number of halogens is 2. The van der Waals surface area contributed by atoms with E-state index in [4.69, 9.17) is 23.2 Å². The van der Waals surface area contributed by atoms with Crippen LogP contribution in [-0.4, -0.2) is 29.6 Å². The Morgan fingerprint density at radius 2 is 1.78 bits per heavy atom. The maximum atomic E-state index is 6.39. The fraction of sp³-hybridized carbons (Fsp3) is 0.294. The normalized spacial score (nSPS) is 16.3. The van der Waals surface area contributed by atoms with Crippen molar-refractivity contribution in [2.75, 3.05) is 29.4 Å². The Bertz CT molecular complexity index is 795. The summed E-state index contributed by atoms with van der Waals surface area (Å²) in [6.45, 7) is 4.60. The van der Waals surface area contributed by atoms with E-state index in [0.717, 1.165) is 49.2 Å². The van der Waals surface area contributed by atoms with Gasteiger partial charge in [-0.05, 0) is 31.5 Å². The van der Waals surface area contributed by atoms with E-state index in [1.807, 2.05) is 19.1 Å². The van der Waals surface area contributed by atoms with Gasteiger partial charge in [0.1, 0.15) is 17.5 Å². The topological polar surface area (TPSA) is 32.3 Å². The second-order valence-electron chi connectivity index (χ2n) is 5.77. The minimum atomic E-state index is 0.640. The molecule has 0 N–H and O–H groups in total. The van der Waals surface area contributed by atoms with Crippen molar-refractivity contribution in [3.8, 4) is 0 Å². The lowest BCUT2D eigenvalue weighted by Crippen LogP contribution is -2.22. The SMILES string of the molecule is Cc1nc(N2CC=CC2)c2c(n1)N(c1ccc(Cl)cc1Cl)CC2. The van der Waals surface area contributed by atoms with Crippen molar-refractivity contribution < 1.29 is 0 Å². The van der Waals surface area contributed by atoms with Crippen molar-refractivity contribution in [2.24, 2.45) is 0 Å². The average Bonchev–Trinajstić information content (AvgIpc) is 3.16. The molecular weight excluding hydrogens is 331 g/mol. The Labute approximate surface area is 145 Å². The molecule has 0 atom stereocenters. The van der Waals surface area contributed by atoms with Crippen LogP contribution in [0.15, 0.2) is 30.4 Å². The molecule has 3 heterocycles. The van der Waals surface area contributed by atoms with E-state index in [2.05, 4.69) is 31.9 Å². The highest BCUT2D eigenvalue weighted by atomic mass is 35.5. The molecule has 1 aromatic heterocycles. The molecule has 4 nitrogen and oxygen atoms in total. The minimum absolute atomic E-state index is 0.640. The van der Waals surface area contributed by atoms with Crippen molar-refractivity contribution in [3.05, 3.63) is 51.8 Å². The van der Waals surface area contributed by atoms with Gasteiger partial charge in [-0.25, -0.2) is 9.97 Å². The molecule has 2 aliphatic rings. The first-order valence-corrected chi connectivity index (χ1v) is 8.39. The predicted octanol–water partition coefficient (Wildman–Crippen LogP) is 4.16. The van der Waals surface area contributed by atoms with Gasteiger partial charge in [-0.3, -0.25) is 0 Å². The van der Waals surface area contributed by atoms with Gasteiger partial charge < -0.3 is 9.80 Å². The Balaban J connectivity index is 1.79. The predicted molar refractivity (Wildman–Crippen MR) is 95.3 cm³/mol. The third kappa shape index (κ3) is 2.56. The molecule has 2 aliphatic heterocycles. The molecule has 0 amide bonds. The Kier molecular flexibility index (Phi) is 3.66. The fourth-order valence-corrected chi connectivity index (χ4v) is 3.70. The molecule has 0 unspecified atom stereocenters. The molecule has 6 heteroatoms. The lowest BCUT2D eigenvalue weighted by atomic mass is 10.2. The maximum absolute atomic E-state index is 6.39. The van der Waals surface area contributed by atoms with Gasteiger partial charge in [0.05, 0.1) is 10.7 Å². The number of nitrogens with zero attached hydrogens (tertiary/aromatic N) is 4. The van der Waals surface area contributed by atoms with Gasteiger partial charge in [0.15, 0.2) is 0 Å². The molecule has 0 aliphatic carbocycles. The third-order valence-electron chi connectivity index (χ3n) is 4.23. The summed E-state index contributed by atoms with van der Waals surface area (Å²) in [6, 6.07) is 5.59. The smallest absolute Gasteiger partial charge is 0.142 e. The third-order valence-corrected chi connectivity index (χ3v) is 4.77. The average molecular weight is 347 g/mol.